The van der Waals surface area contributed by atoms with Crippen molar-refractivity contribution < 1.29 is 11.0 Å². The molecule has 18 heavy (non-hydrogen) atoms. The van der Waals surface area contributed by atoms with Gasteiger partial charge in [-0.15, -0.1) is 11.3 Å². The summed E-state index contributed by atoms with van der Waals surface area (Å²) in [5.74, 6) is 0.275. The third-order valence-electron chi connectivity index (χ3n) is 2.69. The van der Waals surface area contributed by atoms with Crippen molar-refractivity contribution in [1.29, 1.82) is 0 Å². The summed E-state index contributed by atoms with van der Waals surface area (Å²) in [5.41, 5.74) is 0.569. The molecule has 0 saturated carbocycles. The molecule has 2 nitrogen and oxygen atoms in total. The molecule has 0 bridgehead atoms. The molecule has 3 heteroatoms. The van der Waals surface area contributed by atoms with Crippen molar-refractivity contribution in [2.24, 2.45) is 0 Å². The molecule has 1 aromatic heterocycles. The molecule has 0 N–H and O–H groups in total. The Bertz CT molecular complexity index is 692. The first-order chi connectivity index (χ1) is 8.83. The molecule has 0 saturated heterocycles. The van der Waals surface area contributed by atoms with Gasteiger partial charge in [0.25, 0.3) is 0 Å². The SMILES string of the molecule is O=C(Oc1ccsc1)c1ccc2ccccc2c1.[H+]. The number of benzene rings is 2. The first-order valence-electron chi connectivity index (χ1n) is 5.56. The van der Waals surface area contributed by atoms with Crippen LogP contribution in [0.2, 0.25) is 0 Å². The van der Waals surface area contributed by atoms with E-state index in [1.165, 1.54) is 11.3 Å². The van der Waals surface area contributed by atoms with Crippen molar-refractivity contribution in [3.05, 3.63) is 64.9 Å². The largest absolute Gasteiger partial charge is 1.00 e. The number of thiophene rings is 1. The van der Waals surface area contributed by atoms with E-state index in [4.69, 9.17) is 4.74 Å². The van der Waals surface area contributed by atoms with Crippen molar-refractivity contribution in [1.82, 2.24) is 0 Å². The zero-order valence-electron chi connectivity index (χ0n) is 10.5. The van der Waals surface area contributed by atoms with Crippen molar-refractivity contribution in [2.45, 2.75) is 0 Å². The molecular weight excluding hydrogens is 244 g/mol. The van der Waals surface area contributed by atoms with Gasteiger partial charge in [-0.2, -0.15) is 0 Å². The highest BCUT2D eigenvalue weighted by Gasteiger charge is 2.09. The second-order valence-electron chi connectivity index (χ2n) is 3.91. The van der Waals surface area contributed by atoms with Crippen LogP contribution in [0.3, 0.4) is 0 Å². The Labute approximate surface area is 110 Å². The lowest BCUT2D eigenvalue weighted by atomic mass is 10.1. The van der Waals surface area contributed by atoms with Gasteiger partial charge in [-0.1, -0.05) is 30.3 Å². The minimum absolute atomic E-state index is 0. The Kier molecular flexibility index (Phi) is 2.82. The first kappa shape index (κ1) is 11.0. The molecule has 0 amide bonds. The maximum absolute atomic E-state index is 11.9. The van der Waals surface area contributed by atoms with Crippen molar-refractivity contribution in [2.75, 3.05) is 0 Å². The summed E-state index contributed by atoms with van der Waals surface area (Å²) in [6.07, 6.45) is 0. The van der Waals surface area contributed by atoms with Crippen LogP contribution in [0.4, 0.5) is 0 Å². The lowest BCUT2D eigenvalue weighted by Gasteiger charge is -2.03. The number of carbonyl (C=O) groups is 1. The zero-order valence-corrected chi connectivity index (χ0v) is 10.3. The number of carbonyl (C=O) groups excluding carboxylic acids is 1. The van der Waals surface area contributed by atoms with Gasteiger partial charge < -0.3 is 4.74 Å². The average molecular weight is 255 g/mol. The van der Waals surface area contributed by atoms with Crippen molar-refractivity contribution >= 4 is 28.1 Å². The van der Waals surface area contributed by atoms with Gasteiger partial charge in [0.15, 0.2) is 0 Å². The summed E-state index contributed by atoms with van der Waals surface area (Å²) in [6.45, 7) is 0. The Hall–Kier alpha value is -2.13. The lowest BCUT2D eigenvalue weighted by molar-refractivity contribution is 0.0735. The van der Waals surface area contributed by atoms with E-state index < -0.39 is 0 Å². The minimum Gasteiger partial charge on any atom is -0.422 e. The average Bonchev–Trinajstić information content (AvgIpc) is 2.91. The number of ether oxygens (including phenoxy) is 1. The topological polar surface area (TPSA) is 26.3 Å². The van der Waals surface area contributed by atoms with Crippen LogP contribution in [0.1, 0.15) is 11.8 Å². The lowest BCUT2D eigenvalue weighted by Crippen LogP contribution is -2.07. The zero-order chi connectivity index (χ0) is 12.4. The molecule has 2 aromatic carbocycles. The van der Waals surface area contributed by atoms with E-state index in [2.05, 4.69) is 0 Å². The third-order valence-corrected chi connectivity index (χ3v) is 3.35. The molecule has 0 aliphatic heterocycles. The molecule has 1 heterocycles. The number of rotatable bonds is 2. The Balaban J connectivity index is 0.00000133. The number of hydrogen-bond acceptors (Lipinski definition) is 3. The predicted molar refractivity (Wildman–Crippen MR) is 74.3 cm³/mol. The first-order valence-corrected chi connectivity index (χ1v) is 6.50. The Morgan fingerprint density at radius 1 is 1.06 bits per heavy atom. The summed E-state index contributed by atoms with van der Waals surface area (Å²) in [4.78, 5) is 11.9. The maximum Gasteiger partial charge on any atom is 1.00 e. The predicted octanol–water partition coefficient (Wildman–Crippen LogP) is 4.23. The van der Waals surface area contributed by atoms with Crippen LogP contribution in [0.15, 0.2) is 59.3 Å². The summed E-state index contributed by atoms with van der Waals surface area (Å²) in [7, 11) is 0. The fourth-order valence-electron chi connectivity index (χ4n) is 1.79. The molecule has 0 fully saturated rings. The molecule has 0 spiro atoms. The monoisotopic (exact) mass is 255 g/mol. The highest BCUT2D eigenvalue weighted by Crippen LogP contribution is 2.19. The minimum atomic E-state index is -0.320. The van der Waals surface area contributed by atoms with Gasteiger partial charge in [-0.25, -0.2) is 4.79 Å². The summed E-state index contributed by atoms with van der Waals surface area (Å²) in [5, 5.41) is 5.84. The standard InChI is InChI=1S/C15H10O2S/c16-15(17-14-7-8-18-10-14)13-6-5-11-3-1-2-4-12(11)9-13/h1-10H/p+1. The highest BCUT2D eigenvalue weighted by molar-refractivity contribution is 7.08. The summed E-state index contributed by atoms with van der Waals surface area (Å²) in [6, 6.07) is 15.3. The van der Waals surface area contributed by atoms with Crippen LogP contribution >= 0.6 is 11.3 Å². The van der Waals surface area contributed by atoms with E-state index >= 15 is 0 Å². The van der Waals surface area contributed by atoms with Gasteiger partial charge in [0.2, 0.25) is 0 Å². The van der Waals surface area contributed by atoms with Crippen molar-refractivity contribution in [3.63, 3.8) is 0 Å². The number of esters is 1. The molecule has 88 valence electrons. The molecule has 0 aliphatic rings. The fraction of sp³-hybridized carbons (Fsp3) is 0. The molecule has 0 unspecified atom stereocenters. The van der Waals surface area contributed by atoms with E-state index in [1.54, 1.807) is 17.5 Å². The van der Waals surface area contributed by atoms with E-state index in [0.29, 0.717) is 11.3 Å². The second kappa shape index (κ2) is 4.63. The van der Waals surface area contributed by atoms with E-state index in [1.807, 2.05) is 41.8 Å². The van der Waals surface area contributed by atoms with Gasteiger partial charge >= 0.3 is 7.40 Å². The van der Waals surface area contributed by atoms with Crippen molar-refractivity contribution in [3.8, 4) is 5.75 Å². The summed E-state index contributed by atoms with van der Waals surface area (Å²) >= 11 is 1.50. The van der Waals surface area contributed by atoms with E-state index in [9.17, 15) is 4.79 Å². The van der Waals surface area contributed by atoms with Gasteiger partial charge in [0, 0.05) is 5.38 Å². The molecule has 3 rings (SSSR count). The normalized spacial score (nSPS) is 10.4. The third kappa shape index (κ3) is 2.13. The van der Waals surface area contributed by atoms with Gasteiger partial charge in [0.1, 0.15) is 5.75 Å². The van der Waals surface area contributed by atoms with Gasteiger partial charge in [0.05, 0.1) is 5.56 Å². The second-order valence-corrected chi connectivity index (χ2v) is 4.69. The van der Waals surface area contributed by atoms with Gasteiger partial charge in [-0.3, -0.25) is 0 Å². The Morgan fingerprint density at radius 3 is 2.67 bits per heavy atom. The van der Waals surface area contributed by atoms with Crippen LogP contribution in [0.5, 0.6) is 5.75 Å². The molecule has 0 aliphatic carbocycles. The number of hydrogen-bond donors (Lipinski definition) is 0. The van der Waals surface area contributed by atoms with Crippen LogP contribution in [0.25, 0.3) is 10.8 Å². The maximum atomic E-state index is 11.9. The van der Waals surface area contributed by atoms with E-state index in [0.717, 1.165) is 10.8 Å². The quantitative estimate of drug-likeness (QED) is 0.640. The highest BCUT2D eigenvalue weighted by atomic mass is 32.1. The van der Waals surface area contributed by atoms with Crippen LogP contribution in [-0.4, -0.2) is 5.97 Å². The molecular formula is C15H11O2S+. The van der Waals surface area contributed by atoms with Gasteiger partial charge in [-0.05, 0) is 34.4 Å². The molecule has 0 radical (unpaired) electrons. The number of fused-ring (bicyclic) bond motifs is 1. The van der Waals surface area contributed by atoms with E-state index in [-0.39, 0.29) is 7.40 Å². The van der Waals surface area contributed by atoms with Crippen LogP contribution in [-0.2, 0) is 0 Å². The van der Waals surface area contributed by atoms with Crippen LogP contribution < -0.4 is 4.74 Å². The van der Waals surface area contributed by atoms with Crippen LogP contribution in [0, 0.1) is 0 Å². The Morgan fingerprint density at radius 2 is 1.89 bits per heavy atom. The smallest absolute Gasteiger partial charge is 0.422 e. The summed E-state index contributed by atoms with van der Waals surface area (Å²) < 4.78 is 5.26. The fourth-order valence-corrected chi connectivity index (χ4v) is 2.34. The molecule has 0 atom stereocenters. The molecule has 3 aromatic rings.